The molecular weight excluding hydrogens is 598 g/mol. The molecule has 0 aliphatic carbocycles. The number of fused-ring (bicyclic) bond motifs is 2. The third-order valence-electron chi connectivity index (χ3n) is 6.45. The number of nitrogens with zero attached hydrogens (tertiary/aromatic N) is 2. The Morgan fingerprint density at radius 2 is 1.67 bits per heavy atom. The second kappa shape index (κ2) is 12.6. The summed E-state index contributed by atoms with van der Waals surface area (Å²) >= 11 is 0. The molecule has 0 saturated heterocycles. The van der Waals surface area contributed by atoms with E-state index in [4.69, 9.17) is 28.1 Å². The summed E-state index contributed by atoms with van der Waals surface area (Å²) in [7, 11) is 0. The highest BCUT2D eigenvalue weighted by Gasteiger charge is 2.28. The first-order valence-corrected chi connectivity index (χ1v) is 14.6. The van der Waals surface area contributed by atoms with Crippen LogP contribution in [0, 0.1) is 0 Å². The van der Waals surface area contributed by atoms with Crippen molar-refractivity contribution in [2.24, 2.45) is 0 Å². The summed E-state index contributed by atoms with van der Waals surface area (Å²) in [4.78, 5) is 56.0. The molecule has 1 unspecified atom stereocenters. The van der Waals surface area contributed by atoms with Gasteiger partial charge in [-0.25, -0.2) is 23.9 Å². The summed E-state index contributed by atoms with van der Waals surface area (Å²) in [5.74, 6) is 0.370. The van der Waals surface area contributed by atoms with Crippen LogP contribution in [0.15, 0.2) is 64.4 Å². The van der Waals surface area contributed by atoms with Crippen molar-refractivity contribution in [3.63, 3.8) is 0 Å². The zero-order chi connectivity index (χ0) is 33.2. The van der Waals surface area contributed by atoms with Gasteiger partial charge in [0, 0.05) is 18.7 Å². The maximum atomic E-state index is 13.4. The minimum absolute atomic E-state index is 0.0722. The van der Waals surface area contributed by atoms with Crippen LogP contribution in [0.2, 0.25) is 0 Å². The van der Waals surface area contributed by atoms with E-state index >= 15 is 0 Å². The number of nitrogens with one attached hydrogen (secondary N) is 1. The Hall–Kier alpha value is -5.33. The number of hydrogen-bond donors (Lipinski definition) is 1. The van der Waals surface area contributed by atoms with E-state index in [-0.39, 0.29) is 28.6 Å². The summed E-state index contributed by atoms with van der Waals surface area (Å²) in [6.07, 6.45) is 2.35. The zero-order valence-electron chi connectivity index (χ0n) is 26.4. The third kappa shape index (κ3) is 7.84. The van der Waals surface area contributed by atoms with Crippen LogP contribution >= 0.6 is 0 Å². The first-order chi connectivity index (χ1) is 21.6. The topological polar surface area (TPSA) is 157 Å². The number of aromatic nitrogens is 2. The van der Waals surface area contributed by atoms with Gasteiger partial charge in [0.15, 0.2) is 16.9 Å². The lowest BCUT2D eigenvalue weighted by Crippen LogP contribution is -2.46. The maximum Gasteiger partial charge on any atom is 0.419 e. The molecule has 1 amide bonds. The van der Waals surface area contributed by atoms with Gasteiger partial charge in [0.25, 0.3) is 0 Å². The number of carbonyl (C=O) groups is 3. The van der Waals surface area contributed by atoms with Crippen molar-refractivity contribution in [3.8, 4) is 28.4 Å². The lowest BCUT2D eigenvalue weighted by Gasteiger charge is -2.22. The predicted octanol–water partition coefficient (Wildman–Crippen LogP) is 5.25. The standard InChI is InChI=1S/C33H35N3O10/c1-32(2,3)45-30(39)35-24(14-20-16-36(18-34-20)31(40)46-33(4,5)6)29(38)44-21-8-9-22-26(15-21)43-17-23(28(22)37)19-7-10-25-27(13-19)42-12-11-41-25/h7-10,13,15-18,24H,11-12,14H2,1-6H3,(H,35,39). The minimum Gasteiger partial charge on any atom is -0.486 e. The van der Waals surface area contributed by atoms with Gasteiger partial charge in [-0.1, -0.05) is 6.07 Å². The molecule has 46 heavy (non-hydrogen) atoms. The van der Waals surface area contributed by atoms with Gasteiger partial charge in [-0.3, -0.25) is 4.79 Å². The van der Waals surface area contributed by atoms with Gasteiger partial charge in [-0.2, -0.15) is 0 Å². The van der Waals surface area contributed by atoms with Crippen LogP contribution in [0.1, 0.15) is 47.2 Å². The Labute approximate surface area is 264 Å². The van der Waals surface area contributed by atoms with Gasteiger partial charge in [-0.15, -0.1) is 0 Å². The summed E-state index contributed by atoms with van der Waals surface area (Å²) in [6.45, 7) is 11.1. The van der Waals surface area contributed by atoms with E-state index < -0.39 is 35.4 Å². The molecule has 2 aromatic carbocycles. The fourth-order valence-electron chi connectivity index (χ4n) is 4.51. The molecule has 0 bridgehead atoms. The highest BCUT2D eigenvalue weighted by molar-refractivity contribution is 5.86. The van der Waals surface area contributed by atoms with Crippen LogP contribution in [0.4, 0.5) is 9.59 Å². The molecule has 0 spiro atoms. The second-order valence-electron chi connectivity index (χ2n) is 12.6. The lowest BCUT2D eigenvalue weighted by atomic mass is 10.0. The molecule has 5 rings (SSSR count). The minimum atomic E-state index is -1.25. The number of esters is 1. The molecule has 3 heterocycles. The first-order valence-electron chi connectivity index (χ1n) is 14.6. The van der Waals surface area contributed by atoms with Crippen molar-refractivity contribution in [2.45, 2.75) is 65.2 Å². The Bertz CT molecular complexity index is 1840. The molecule has 1 aliphatic rings. The van der Waals surface area contributed by atoms with Crippen LogP contribution in [-0.4, -0.2) is 58.2 Å². The Morgan fingerprint density at radius 1 is 0.957 bits per heavy atom. The van der Waals surface area contributed by atoms with Gasteiger partial charge in [0.1, 0.15) is 54.4 Å². The normalized spacial score (nSPS) is 13.5. The summed E-state index contributed by atoms with van der Waals surface area (Å²) in [5, 5.41) is 2.79. The highest BCUT2D eigenvalue weighted by atomic mass is 16.6. The molecule has 1 aliphatic heterocycles. The molecule has 2 aromatic heterocycles. The molecule has 1 N–H and O–H groups in total. The van der Waals surface area contributed by atoms with Crippen molar-refractivity contribution in [3.05, 3.63) is 71.1 Å². The number of ether oxygens (including phenoxy) is 5. The Morgan fingerprint density at radius 3 is 2.39 bits per heavy atom. The smallest absolute Gasteiger partial charge is 0.419 e. The average Bonchev–Trinajstić information content (AvgIpc) is 3.44. The number of rotatable bonds is 6. The van der Waals surface area contributed by atoms with E-state index in [1.165, 1.54) is 37.0 Å². The van der Waals surface area contributed by atoms with Gasteiger partial charge < -0.3 is 33.4 Å². The van der Waals surface area contributed by atoms with Crippen molar-refractivity contribution in [2.75, 3.05) is 13.2 Å². The van der Waals surface area contributed by atoms with E-state index in [2.05, 4.69) is 10.3 Å². The molecule has 242 valence electrons. The Balaban J connectivity index is 1.36. The summed E-state index contributed by atoms with van der Waals surface area (Å²) in [5.41, 5.74) is -0.434. The van der Waals surface area contributed by atoms with E-state index in [0.29, 0.717) is 41.5 Å². The van der Waals surface area contributed by atoms with E-state index in [1.807, 2.05) is 0 Å². The van der Waals surface area contributed by atoms with Gasteiger partial charge >= 0.3 is 18.2 Å². The fraction of sp³-hybridized carbons (Fsp3) is 0.364. The highest BCUT2D eigenvalue weighted by Crippen LogP contribution is 2.34. The number of imidazole rings is 1. The maximum absolute atomic E-state index is 13.4. The number of alkyl carbamates (subject to hydrolysis) is 1. The number of amides is 1. The quantitative estimate of drug-likeness (QED) is 0.218. The molecule has 4 aromatic rings. The van der Waals surface area contributed by atoms with Crippen LogP contribution in [0.25, 0.3) is 22.1 Å². The van der Waals surface area contributed by atoms with Crippen LogP contribution in [0.3, 0.4) is 0 Å². The van der Waals surface area contributed by atoms with Gasteiger partial charge in [0.2, 0.25) is 0 Å². The molecule has 1 atom stereocenters. The predicted molar refractivity (Wildman–Crippen MR) is 165 cm³/mol. The largest absolute Gasteiger partial charge is 0.486 e. The molecule has 13 nitrogen and oxygen atoms in total. The number of carbonyl (C=O) groups excluding carboxylic acids is 3. The first kappa shape index (κ1) is 32.1. The van der Waals surface area contributed by atoms with Crippen LogP contribution in [0.5, 0.6) is 17.2 Å². The number of hydrogen-bond acceptors (Lipinski definition) is 11. The van der Waals surface area contributed by atoms with Crippen LogP contribution in [-0.2, 0) is 20.7 Å². The Kier molecular flexibility index (Phi) is 8.77. The van der Waals surface area contributed by atoms with Gasteiger partial charge in [-0.05, 0) is 71.4 Å². The molecule has 0 saturated carbocycles. The molecule has 0 radical (unpaired) electrons. The second-order valence-corrected chi connectivity index (χ2v) is 12.6. The number of benzene rings is 2. The van der Waals surface area contributed by atoms with Crippen molar-refractivity contribution in [1.82, 2.24) is 14.9 Å². The summed E-state index contributed by atoms with van der Waals surface area (Å²) < 4.78 is 34.4. The lowest BCUT2D eigenvalue weighted by molar-refractivity contribution is -0.136. The fourth-order valence-corrected chi connectivity index (χ4v) is 4.51. The summed E-state index contributed by atoms with van der Waals surface area (Å²) in [6, 6.07) is 8.30. The SMILES string of the molecule is CC(C)(C)OC(=O)NC(Cc1cn(C(=O)OC(C)(C)C)cn1)C(=O)Oc1ccc2c(=O)c(-c3ccc4c(c3)OCCO4)coc2c1. The molecule has 0 fully saturated rings. The monoisotopic (exact) mass is 633 g/mol. The molecular formula is C33H35N3O10. The van der Waals surface area contributed by atoms with Crippen molar-refractivity contribution < 1.29 is 42.5 Å². The van der Waals surface area contributed by atoms with E-state index in [9.17, 15) is 19.2 Å². The average molecular weight is 634 g/mol. The van der Waals surface area contributed by atoms with Crippen molar-refractivity contribution in [1.29, 1.82) is 0 Å². The van der Waals surface area contributed by atoms with Crippen molar-refractivity contribution >= 4 is 29.1 Å². The van der Waals surface area contributed by atoms with Gasteiger partial charge in [0.05, 0.1) is 16.6 Å². The van der Waals surface area contributed by atoms with E-state index in [1.54, 1.807) is 59.7 Å². The molecule has 13 heteroatoms. The van der Waals surface area contributed by atoms with Crippen LogP contribution < -0.4 is 25.0 Å². The van der Waals surface area contributed by atoms with E-state index in [0.717, 1.165) is 4.57 Å². The zero-order valence-corrected chi connectivity index (χ0v) is 26.4. The third-order valence-corrected chi connectivity index (χ3v) is 6.45.